The van der Waals surface area contributed by atoms with Gasteiger partial charge in [0.25, 0.3) is 0 Å². The van der Waals surface area contributed by atoms with Crippen molar-refractivity contribution in [1.82, 2.24) is 9.97 Å². The van der Waals surface area contributed by atoms with Gasteiger partial charge >= 0.3 is 0 Å². The van der Waals surface area contributed by atoms with E-state index >= 15 is 0 Å². The van der Waals surface area contributed by atoms with Crippen molar-refractivity contribution in [3.8, 4) is 17.1 Å². The minimum absolute atomic E-state index is 0.201. The number of hydrogen-bond donors (Lipinski definition) is 1. The van der Waals surface area contributed by atoms with E-state index in [0.717, 1.165) is 10.9 Å². The van der Waals surface area contributed by atoms with E-state index < -0.39 is 0 Å². The molecule has 0 aliphatic heterocycles. The van der Waals surface area contributed by atoms with Crippen LogP contribution in [0.25, 0.3) is 22.3 Å². The van der Waals surface area contributed by atoms with Crippen LogP contribution in [0.1, 0.15) is 0 Å². The van der Waals surface area contributed by atoms with E-state index in [2.05, 4.69) is 9.97 Å². The molecule has 1 N–H and O–H groups in total. The predicted molar refractivity (Wildman–Crippen MR) is 71.6 cm³/mol. The summed E-state index contributed by atoms with van der Waals surface area (Å²) in [7, 11) is 0. The Morgan fingerprint density at radius 3 is 2.61 bits per heavy atom. The van der Waals surface area contributed by atoms with E-state index in [-0.39, 0.29) is 5.75 Å². The molecule has 0 radical (unpaired) electrons. The van der Waals surface area contributed by atoms with Gasteiger partial charge in [0.1, 0.15) is 5.75 Å². The summed E-state index contributed by atoms with van der Waals surface area (Å²) in [6.45, 7) is 0. The van der Waals surface area contributed by atoms with Gasteiger partial charge in [0.2, 0.25) is 0 Å². The summed E-state index contributed by atoms with van der Waals surface area (Å²) in [6.07, 6.45) is 1.56. The second-order valence-corrected chi connectivity index (χ2v) is 4.34. The highest BCUT2D eigenvalue weighted by Gasteiger charge is 2.07. The first-order valence-corrected chi connectivity index (χ1v) is 5.82. The van der Waals surface area contributed by atoms with Crippen molar-refractivity contribution >= 4 is 22.5 Å². The average molecular weight is 257 g/mol. The summed E-state index contributed by atoms with van der Waals surface area (Å²) in [4.78, 5) is 8.66. The minimum atomic E-state index is 0.201. The smallest absolute Gasteiger partial charge is 0.127 e. The first-order valence-electron chi connectivity index (χ1n) is 5.45. The fourth-order valence-electron chi connectivity index (χ4n) is 1.82. The van der Waals surface area contributed by atoms with Gasteiger partial charge in [0.05, 0.1) is 21.9 Å². The first-order chi connectivity index (χ1) is 8.74. The Labute approximate surface area is 109 Å². The molecule has 3 rings (SSSR count). The molecule has 3 aromatic rings. The normalized spacial score (nSPS) is 10.7. The van der Waals surface area contributed by atoms with Gasteiger partial charge < -0.3 is 5.11 Å². The minimum Gasteiger partial charge on any atom is -0.507 e. The Morgan fingerprint density at radius 2 is 1.83 bits per heavy atom. The number of benzene rings is 1. The second-order valence-electron chi connectivity index (χ2n) is 3.91. The van der Waals surface area contributed by atoms with Crippen molar-refractivity contribution in [2.75, 3.05) is 0 Å². The fraction of sp³-hybridized carbons (Fsp3) is 0. The average Bonchev–Trinajstić information content (AvgIpc) is 2.39. The lowest BCUT2D eigenvalue weighted by atomic mass is 10.1. The first kappa shape index (κ1) is 11.0. The topological polar surface area (TPSA) is 46.0 Å². The summed E-state index contributed by atoms with van der Waals surface area (Å²) in [5.41, 5.74) is 2.05. The Morgan fingerprint density at radius 1 is 1.00 bits per heavy atom. The van der Waals surface area contributed by atoms with Crippen LogP contribution in [0.3, 0.4) is 0 Å². The zero-order valence-corrected chi connectivity index (χ0v) is 10.1. The van der Waals surface area contributed by atoms with Gasteiger partial charge in [-0.15, -0.1) is 0 Å². The number of hydrogen-bond acceptors (Lipinski definition) is 3. The van der Waals surface area contributed by atoms with Crippen molar-refractivity contribution in [2.45, 2.75) is 0 Å². The number of para-hydroxylation sites is 1. The standard InChI is InChI=1S/C14H9ClN2O/c15-9-5-6-12(16-8-9)13-7-14(18)10-3-1-2-4-11(10)17-13/h1-8H,(H,17,18). The highest BCUT2D eigenvalue weighted by molar-refractivity contribution is 6.30. The van der Waals surface area contributed by atoms with Crippen LogP contribution in [0.5, 0.6) is 5.75 Å². The lowest BCUT2D eigenvalue weighted by Crippen LogP contribution is -1.88. The Bertz CT molecular complexity index is 711. The molecule has 0 aliphatic rings. The third-order valence-electron chi connectivity index (χ3n) is 2.68. The van der Waals surface area contributed by atoms with E-state index in [1.165, 1.54) is 0 Å². The van der Waals surface area contributed by atoms with Crippen LogP contribution in [-0.2, 0) is 0 Å². The third-order valence-corrected chi connectivity index (χ3v) is 2.91. The molecule has 3 nitrogen and oxygen atoms in total. The zero-order chi connectivity index (χ0) is 12.5. The maximum Gasteiger partial charge on any atom is 0.127 e. The van der Waals surface area contributed by atoms with Gasteiger partial charge in [-0.2, -0.15) is 0 Å². The predicted octanol–water partition coefficient (Wildman–Crippen LogP) is 3.66. The number of pyridine rings is 2. The molecule has 88 valence electrons. The van der Waals surface area contributed by atoms with Gasteiger partial charge in [-0.1, -0.05) is 23.7 Å². The molecule has 0 aliphatic carbocycles. The van der Waals surface area contributed by atoms with Crippen LogP contribution in [0.4, 0.5) is 0 Å². The van der Waals surface area contributed by atoms with Crippen molar-refractivity contribution in [2.24, 2.45) is 0 Å². The quantitative estimate of drug-likeness (QED) is 0.723. The maximum atomic E-state index is 9.97. The van der Waals surface area contributed by atoms with Crippen molar-refractivity contribution in [3.05, 3.63) is 53.7 Å². The summed E-state index contributed by atoms with van der Waals surface area (Å²) >= 11 is 5.79. The number of aromatic hydroxyl groups is 1. The van der Waals surface area contributed by atoms with Crippen LogP contribution < -0.4 is 0 Å². The van der Waals surface area contributed by atoms with Gasteiger partial charge in [0.15, 0.2) is 0 Å². The molecule has 0 bridgehead atoms. The number of nitrogens with zero attached hydrogens (tertiary/aromatic N) is 2. The molecular formula is C14H9ClN2O. The number of fused-ring (bicyclic) bond motifs is 1. The van der Waals surface area contributed by atoms with Crippen LogP contribution in [-0.4, -0.2) is 15.1 Å². The van der Waals surface area contributed by atoms with Crippen LogP contribution >= 0.6 is 11.6 Å². The summed E-state index contributed by atoms with van der Waals surface area (Å²) in [5, 5.41) is 11.3. The third kappa shape index (κ3) is 1.89. The molecule has 0 saturated heterocycles. The SMILES string of the molecule is Oc1cc(-c2ccc(Cl)cn2)nc2ccccc12. The van der Waals surface area contributed by atoms with E-state index in [1.54, 1.807) is 24.4 Å². The van der Waals surface area contributed by atoms with Crippen molar-refractivity contribution < 1.29 is 5.11 Å². The highest BCUT2D eigenvalue weighted by atomic mass is 35.5. The van der Waals surface area contributed by atoms with Gasteiger partial charge in [-0.25, -0.2) is 4.98 Å². The molecule has 0 unspecified atom stereocenters. The zero-order valence-electron chi connectivity index (χ0n) is 9.34. The molecule has 0 spiro atoms. The summed E-state index contributed by atoms with van der Waals surface area (Å²) in [5.74, 6) is 0.201. The molecule has 2 heterocycles. The van der Waals surface area contributed by atoms with E-state index in [0.29, 0.717) is 16.4 Å². The summed E-state index contributed by atoms with van der Waals surface area (Å²) < 4.78 is 0. The second kappa shape index (κ2) is 4.27. The largest absolute Gasteiger partial charge is 0.507 e. The van der Waals surface area contributed by atoms with Gasteiger partial charge in [0, 0.05) is 17.6 Å². The van der Waals surface area contributed by atoms with E-state index in [9.17, 15) is 5.11 Å². The molecule has 1 aromatic carbocycles. The van der Waals surface area contributed by atoms with Crippen molar-refractivity contribution in [1.29, 1.82) is 0 Å². The monoisotopic (exact) mass is 256 g/mol. The molecular weight excluding hydrogens is 248 g/mol. The fourth-order valence-corrected chi connectivity index (χ4v) is 1.93. The van der Waals surface area contributed by atoms with Crippen LogP contribution in [0, 0.1) is 0 Å². The number of halogens is 1. The Kier molecular flexibility index (Phi) is 2.61. The highest BCUT2D eigenvalue weighted by Crippen LogP contribution is 2.28. The molecule has 4 heteroatoms. The lowest BCUT2D eigenvalue weighted by Gasteiger charge is -2.05. The lowest BCUT2D eigenvalue weighted by molar-refractivity contribution is 0.481. The Balaban J connectivity index is 2.21. The van der Waals surface area contributed by atoms with Gasteiger partial charge in [-0.3, -0.25) is 4.98 Å². The maximum absolute atomic E-state index is 9.97. The van der Waals surface area contributed by atoms with Crippen LogP contribution in [0.2, 0.25) is 5.02 Å². The van der Waals surface area contributed by atoms with Gasteiger partial charge in [-0.05, 0) is 24.3 Å². The summed E-state index contributed by atoms with van der Waals surface area (Å²) in [6, 6.07) is 12.6. The molecule has 2 aromatic heterocycles. The van der Waals surface area contributed by atoms with Crippen LogP contribution in [0.15, 0.2) is 48.7 Å². The van der Waals surface area contributed by atoms with E-state index in [1.807, 2.05) is 24.3 Å². The number of aromatic nitrogens is 2. The Hall–Kier alpha value is -2.13. The molecule has 0 amide bonds. The molecule has 0 saturated carbocycles. The molecule has 0 atom stereocenters. The number of rotatable bonds is 1. The molecule has 18 heavy (non-hydrogen) atoms. The van der Waals surface area contributed by atoms with E-state index in [4.69, 9.17) is 11.6 Å². The van der Waals surface area contributed by atoms with Crippen molar-refractivity contribution in [3.63, 3.8) is 0 Å². The molecule has 0 fully saturated rings.